The van der Waals surface area contributed by atoms with E-state index in [-0.39, 0.29) is 15.6 Å². The molecule has 0 aliphatic rings. The smallest absolute Gasteiger partial charge is 0.286 e. The highest BCUT2D eigenvalue weighted by molar-refractivity contribution is 7.06. The van der Waals surface area contributed by atoms with Crippen molar-refractivity contribution in [2.45, 2.75) is 0 Å². The summed E-state index contributed by atoms with van der Waals surface area (Å²) in [5.41, 5.74) is 0. The van der Waals surface area contributed by atoms with E-state index in [2.05, 4.69) is 0 Å². The molecule has 0 bridgehead atoms. The third-order valence-corrected chi connectivity index (χ3v) is 7.21. The molecule has 0 saturated carbocycles. The van der Waals surface area contributed by atoms with Gasteiger partial charge in [0.25, 0.3) is 8.32 Å². The molecule has 0 atom stereocenters. The number of halogens is 6. The van der Waals surface area contributed by atoms with Crippen LogP contribution in [0.5, 0.6) is 0 Å². The summed E-state index contributed by atoms with van der Waals surface area (Å²) in [4.78, 5) is 11.3. The molecule has 26 heavy (non-hydrogen) atoms. The van der Waals surface area contributed by atoms with Crippen molar-refractivity contribution >= 4 is 23.9 Å². The Balaban J connectivity index is 2.38. The average molecular weight is 384 g/mol. The summed E-state index contributed by atoms with van der Waals surface area (Å²) in [6.07, 6.45) is 0. The van der Waals surface area contributed by atoms with Gasteiger partial charge in [-0.1, -0.05) is 0 Å². The van der Waals surface area contributed by atoms with Crippen molar-refractivity contribution in [3.63, 3.8) is 0 Å². The zero-order valence-electron chi connectivity index (χ0n) is 12.9. The van der Waals surface area contributed by atoms with Gasteiger partial charge in [-0.3, -0.25) is 0 Å². The summed E-state index contributed by atoms with van der Waals surface area (Å²) >= 11 is 0. The lowest BCUT2D eigenvalue weighted by Crippen LogP contribution is -2.68. The first-order chi connectivity index (χ1) is 12.2. The molecule has 3 aromatic rings. The molecule has 0 unspecified atom stereocenters. The van der Waals surface area contributed by atoms with E-state index in [9.17, 15) is 31.1 Å². The van der Waals surface area contributed by atoms with E-state index >= 15 is 0 Å². The van der Waals surface area contributed by atoms with Crippen molar-refractivity contribution in [3.8, 4) is 0 Å². The third kappa shape index (κ3) is 3.38. The fraction of sp³-hybridized carbons (Fsp3) is 0. The molecular formula is C18H10F6OSi. The Bertz CT molecular complexity index is 805. The molecule has 134 valence electrons. The quantitative estimate of drug-likeness (QED) is 0.418. The molecule has 0 heterocycles. The molecule has 3 rings (SSSR count). The summed E-state index contributed by atoms with van der Waals surface area (Å²) in [7, 11) is -4.51. The molecule has 8 heteroatoms. The van der Waals surface area contributed by atoms with E-state index in [1.165, 1.54) is 0 Å². The Hall–Kier alpha value is -2.58. The van der Waals surface area contributed by atoms with Gasteiger partial charge in [0.15, 0.2) is 0 Å². The van der Waals surface area contributed by atoms with Crippen molar-refractivity contribution in [3.05, 3.63) is 89.5 Å². The first-order valence-electron chi connectivity index (χ1n) is 7.30. The lowest BCUT2D eigenvalue weighted by molar-refractivity contribution is 0.563. The summed E-state index contributed by atoms with van der Waals surface area (Å²) in [6, 6.07) is 6.20. The SMILES string of the molecule is O[Si](c1cc(F)cc(F)c1)(c1cc(F)cc(F)c1)c1cc(F)cc(F)c1. The van der Waals surface area contributed by atoms with Gasteiger partial charge in [-0.05, 0) is 52.0 Å². The maximum Gasteiger partial charge on any atom is 0.286 e. The zero-order chi connectivity index (χ0) is 19.1. The molecule has 0 aliphatic carbocycles. The van der Waals surface area contributed by atoms with Gasteiger partial charge in [-0.25, -0.2) is 26.3 Å². The van der Waals surface area contributed by atoms with Crippen LogP contribution in [-0.4, -0.2) is 13.1 Å². The lowest BCUT2D eigenvalue weighted by atomic mass is 10.3. The molecule has 3 aromatic carbocycles. The van der Waals surface area contributed by atoms with Gasteiger partial charge in [0.05, 0.1) is 0 Å². The van der Waals surface area contributed by atoms with Gasteiger partial charge in [-0.15, -0.1) is 0 Å². The van der Waals surface area contributed by atoms with Crippen molar-refractivity contribution < 1.29 is 31.1 Å². The first-order valence-corrected chi connectivity index (χ1v) is 9.25. The molecule has 0 fully saturated rings. The molecule has 0 saturated heterocycles. The average Bonchev–Trinajstić information content (AvgIpc) is 2.51. The maximum absolute atomic E-state index is 13.7. The van der Waals surface area contributed by atoms with Crippen LogP contribution in [0, 0.1) is 34.9 Å². The second-order valence-electron chi connectivity index (χ2n) is 5.68. The van der Waals surface area contributed by atoms with Crippen LogP contribution in [0.2, 0.25) is 0 Å². The Labute approximate surface area is 145 Å². The minimum absolute atomic E-state index is 0.356. The predicted molar refractivity (Wildman–Crippen MR) is 85.9 cm³/mol. The van der Waals surface area contributed by atoms with Crippen molar-refractivity contribution in [1.82, 2.24) is 0 Å². The molecule has 0 spiro atoms. The minimum Gasteiger partial charge on any atom is -0.421 e. The standard InChI is InChI=1S/C18H10F6OSi/c19-10-1-11(20)5-16(4-10)26(25,17-6-12(21)2-13(22)7-17)18-8-14(23)3-15(24)9-18/h1-9,25H. The fourth-order valence-corrected chi connectivity index (χ4v) is 5.87. The molecule has 0 radical (unpaired) electrons. The second kappa shape index (κ2) is 6.62. The third-order valence-electron chi connectivity index (χ3n) is 3.84. The van der Waals surface area contributed by atoms with Gasteiger partial charge in [0.1, 0.15) is 34.9 Å². The Morgan fingerprint density at radius 3 is 0.808 bits per heavy atom. The van der Waals surface area contributed by atoms with Gasteiger partial charge in [0, 0.05) is 18.2 Å². The fourth-order valence-electron chi connectivity index (χ4n) is 2.79. The monoisotopic (exact) mass is 384 g/mol. The van der Waals surface area contributed by atoms with Crippen molar-refractivity contribution in [1.29, 1.82) is 0 Å². The predicted octanol–water partition coefficient (Wildman–Crippen LogP) is 2.48. The van der Waals surface area contributed by atoms with Gasteiger partial charge < -0.3 is 4.80 Å². The summed E-state index contributed by atoms with van der Waals surface area (Å²) in [5.74, 6) is -6.34. The number of benzene rings is 3. The van der Waals surface area contributed by atoms with Crippen molar-refractivity contribution in [2.75, 3.05) is 0 Å². The number of rotatable bonds is 3. The first kappa shape index (κ1) is 18.2. The van der Waals surface area contributed by atoms with Crippen LogP contribution in [-0.2, 0) is 0 Å². The topological polar surface area (TPSA) is 20.2 Å². The largest absolute Gasteiger partial charge is 0.421 e. The van der Waals surface area contributed by atoms with Crippen LogP contribution < -0.4 is 15.6 Å². The minimum atomic E-state index is -4.51. The van der Waals surface area contributed by atoms with Gasteiger partial charge in [-0.2, -0.15) is 0 Å². The van der Waals surface area contributed by atoms with E-state index < -0.39 is 43.2 Å². The molecular weight excluding hydrogens is 374 g/mol. The maximum atomic E-state index is 13.7. The highest BCUT2D eigenvalue weighted by Crippen LogP contribution is 2.12. The van der Waals surface area contributed by atoms with E-state index in [1.54, 1.807) is 0 Å². The normalized spacial score (nSPS) is 11.7. The zero-order valence-corrected chi connectivity index (χ0v) is 13.9. The van der Waals surface area contributed by atoms with E-state index in [4.69, 9.17) is 0 Å². The molecule has 0 aromatic heterocycles. The van der Waals surface area contributed by atoms with E-state index in [0.717, 1.165) is 36.4 Å². The highest BCUT2D eigenvalue weighted by atomic mass is 28.4. The number of hydrogen-bond acceptors (Lipinski definition) is 1. The van der Waals surface area contributed by atoms with Gasteiger partial charge in [0.2, 0.25) is 0 Å². The van der Waals surface area contributed by atoms with Crippen LogP contribution in [0.3, 0.4) is 0 Å². The highest BCUT2D eigenvalue weighted by Gasteiger charge is 2.40. The Kier molecular flexibility index (Phi) is 4.64. The number of hydrogen-bond donors (Lipinski definition) is 1. The van der Waals surface area contributed by atoms with Crippen LogP contribution in [0.4, 0.5) is 26.3 Å². The lowest BCUT2D eigenvalue weighted by Gasteiger charge is -2.27. The van der Waals surface area contributed by atoms with Gasteiger partial charge >= 0.3 is 0 Å². The van der Waals surface area contributed by atoms with Crippen LogP contribution in [0.15, 0.2) is 54.6 Å². The second-order valence-corrected chi connectivity index (χ2v) is 8.84. The van der Waals surface area contributed by atoms with Crippen LogP contribution in [0.25, 0.3) is 0 Å². The molecule has 1 nitrogen and oxygen atoms in total. The molecule has 0 aliphatic heterocycles. The molecule has 1 N–H and O–H groups in total. The van der Waals surface area contributed by atoms with E-state index in [0.29, 0.717) is 18.2 Å². The van der Waals surface area contributed by atoms with Crippen molar-refractivity contribution in [2.24, 2.45) is 0 Å². The summed E-state index contributed by atoms with van der Waals surface area (Å²) in [6.45, 7) is 0. The van der Waals surface area contributed by atoms with Crippen LogP contribution in [0.1, 0.15) is 0 Å². The Morgan fingerprint density at radius 1 is 0.423 bits per heavy atom. The molecule has 0 amide bonds. The van der Waals surface area contributed by atoms with Crippen LogP contribution >= 0.6 is 0 Å². The van der Waals surface area contributed by atoms with E-state index in [1.807, 2.05) is 0 Å². The summed E-state index contributed by atoms with van der Waals surface area (Å²) < 4.78 is 82.1. The summed E-state index contributed by atoms with van der Waals surface area (Å²) in [5, 5.41) is -1.07. The Morgan fingerprint density at radius 2 is 0.615 bits per heavy atom.